The van der Waals surface area contributed by atoms with Gasteiger partial charge in [0, 0.05) is 45.5 Å². The molecule has 38 heavy (non-hydrogen) atoms. The highest BCUT2D eigenvalue weighted by Crippen LogP contribution is 2.34. The molecule has 2 aliphatic heterocycles. The molecule has 14 heteroatoms. The van der Waals surface area contributed by atoms with E-state index in [2.05, 4.69) is 15.0 Å². The molecule has 2 fully saturated rings. The minimum atomic E-state index is -4.79. The highest BCUT2D eigenvalue weighted by Gasteiger charge is 2.40. The van der Waals surface area contributed by atoms with Crippen molar-refractivity contribution in [3.63, 3.8) is 0 Å². The average Bonchev–Trinajstić information content (AvgIpc) is 3.38. The predicted molar refractivity (Wildman–Crippen MR) is 130 cm³/mol. The second kappa shape index (κ2) is 12.2. The fraction of sp³-hybridized carbons (Fsp3) is 0.542. The van der Waals surface area contributed by atoms with Crippen LogP contribution in [0.5, 0.6) is 0 Å². The van der Waals surface area contributed by atoms with E-state index in [1.807, 2.05) is 11.2 Å². The summed E-state index contributed by atoms with van der Waals surface area (Å²) < 4.78 is 51.2. The second-order valence-electron chi connectivity index (χ2n) is 8.93. The lowest BCUT2D eigenvalue weighted by Crippen LogP contribution is -2.49. The first-order valence-corrected chi connectivity index (χ1v) is 12.2. The molecule has 2 aliphatic rings. The van der Waals surface area contributed by atoms with Crippen molar-refractivity contribution in [3.05, 3.63) is 46.0 Å². The van der Waals surface area contributed by atoms with E-state index < -0.39 is 17.3 Å². The van der Waals surface area contributed by atoms with Crippen molar-refractivity contribution in [1.29, 1.82) is 5.26 Å². The van der Waals surface area contributed by atoms with Crippen LogP contribution in [0.15, 0.2) is 29.3 Å². The van der Waals surface area contributed by atoms with Gasteiger partial charge in [0.05, 0.1) is 49.8 Å². The maximum absolute atomic E-state index is 13.3. The normalized spacial score (nSPS) is 18.1. The van der Waals surface area contributed by atoms with Gasteiger partial charge < -0.3 is 24.2 Å². The molecule has 2 saturated heterocycles. The summed E-state index contributed by atoms with van der Waals surface area (Å²) >= 11 is 0. The Bertz CT molecular complexity index is 1190. The molecule has 0 radical (unpaired) electrons. The van der Waals surface area contributed by atoms with Crippen LogP contribution in [-0.2, 0) is 20.4 Å². The van der Waals surface area contributed by atoms with Gasteiger partial charge in [-0.15, -0.1) is 0 Å². The van der Waals surface area contributed by atoms with Crippen LogP contribution in [0.1, 0.15) is 24.0 Å². The summed E-state index contributed by atoms with van der Waals surface area (Å²) in [4.78, 5) is 33.8. The number of piperazine rings is 1. The zero-order valence-corrected chi connectivity index (χ0v) is 20.6. The van der Waals surface area contributed by atoms with Crippen LogP contribution >= 0.6 is 0 Å². The first kappa shape index (κ1) is 27.3. The molecule has 1 atom stereocenters. The van der Waals surface area contributed by atoms with Crippen molar-refractivity contribution in [3.8, 4) is 6.07 Å². The van der Waals surface area contributed by atoms with Gasteiger partial charge >= 0.3 is 6.18 Å². The number of halogens is 3. The summed E-state index contributed by atoms with van der Waals surface area (Å²) in [5.74, 6) is 0.774. The van der Waals surface area contributed by atoms with Gasteiger partial charge in [-0.1, -0.05) is 0 Å². The summed E-state index contributed by atoms with van der Waals surface area (Å²) in [6.45, 7) is 3.68. The Hall–Kier alpha value is -3.70. The number of amides is 1. The highest BCUT2D eigenvalue weighted by molar-refractivity contribution is 5.76. The Labute approximate surface area is 216 Å². The number of pyridine rings is 1. The lowest BCUT2D eigenvalue weighted by atomic mass is 10.2. The number of hydrogen-bond donors (Lipinski definition) is 1. The average molecular weight is 536 g/mol. The number of carbonyl (C=O) groups is 1. The largest absolute Gasteiger partial charge is 0.423 e. The number of H-pyrrole nitrogens is 1. The molecule has 2 aromatic rings. The van der Waals surface area contributed by atoms with E-state index in [1.165, 1.54) is 11.1 Å². The molecule has 2 aromatic heterocycles. The molecule has 0 aliphatic carbocycles. The monoisotopic (exact) mass is 535 g/mol. The van der Waals surface area contributed by atoms with Gasteiger partial charge in [0.2, 0.25) is 5.91 Å². The zero-order chi connectivity index (χ0) is 27.1. The number of nitrogens with zero attached hydrogens (tertiary/aromatic N) is 6. The summed E-state index contributed by atoms with van der Waals surface area (Å²) in [6.07, 6.45) is -1.80. The number of hydrogen-bond acceptors (Lipinski definition) is 9. The minimum absolute atomic E-state index is 0.00304. The Morgan fingerprint density at radius 3 is 2.58 bits per heavy atom. The van der Waals surface area contributed by atoms with Crippen LogP contribution in [0.4, 0.5) is 24.7 Å². The molecule has 1 N–H and O–H groups in total. The lowest BCUT2D eigenvalue weighted by Gasteiger charge is -2.35. The maximum atomic E-state index is 13.3. The van der Waals surface area contributed by atoms with E-state index in [9.17, 15) is 22.8 Å². The predicted octanol–water partition coefficient (Wildman–Crippen LogP) is 1.41. The van der Waals surface area contributed by atoms with Gasteiger partial charge in [-0.05, 0) is 18.6 Å². The minimum Gasteiger partial charge on any atom is -0.379 e. The fourth-order valence-electron chi connectivity index (χ4n) is 4.50. The summed E-state index contributed by atoms with van der Waals surface area (Å²) in [7, 11) is 0. The molecule has 0 spiro atoms. The van der Waals surface area contributed by atoms with Crippen molar-refractivity contribution in [2.45, 2.75) is 25.1 Å². The third kappa shape index (κ3) is 6.78. The molecule has 1 unspecified atom stereocenters. The molecule has 1 amide bonds. The number of anilines is 2. The van der Waals surface area contributed by atoms with Crippen molar-refractivity contribution in [2.24, 2.45) is 0 Å². The summed E-state index contributed by atoms with van der Waals surface area (Å²) in [5, 5.41) is 14.2. The number of nitriles is 1. The third-order valence-electron chi connectivity index (χ3n) is 6.48. The number of aromatic amines is 1. The molecule has 11 nitrogen and oxygen atoms in total. The van der Waals surface area contributed by atoms with E-state index in [0.717, 1.165) is 12.0 Å². The number of aromatic nitrogens is 3. The molecule has 4 heterocycles. The fourth-order valence-corrected chi connectivity index (χ4v) is 4.50. The molecular weight excluding hydrogens is 507 g/mol. The first-order valence-electron chi connectivity index (χ1n) is 12.2. The second-order valence-corrected chi connectivity index (χ2v) is 8.93. The van der Waals surface area contributed by atoms with Gasteiger partial charge in [-0.25, -0.2) is 10.1 Å². The Balaban J connectivity index is 1.11. The molecule has 204 valence electrons. The van der Waals surface area contributed by atoms with Crippen LogP contribution in [0.25, 0.3) is 0 Å². The van der Waals surface area contributed by atoms with Crippen LogP contribution in [-0.4, -0.2) is 91.2 Å². The quantitative estimate of drug-likeness (QED) is 0.474. The van der Waals surface area contributed by atoms with Crippen LogP contribution < -0.4 is 15.4 Å². The first-order chi connectivity index (χ1) is 18.3. The summed E-state index contributed by atoms with van der Waals surface area (Å²) in [5.41, 5.74) is -2.28. The zero-order valence-electron chi connectivity index (χ0n) is 20.6. The number of nitrogens with one attached hydrogen (secondary N) is 1. The SMILES string of the molecule is N#Cc1ccc(N2CCN(C(=O)CCOCCOC3CCN(c4cn[nH]c(=O)c4C(F)(F)F)C3)CC2)nc1. The smallest absolute Gasteiger partial charge is 0.379 e. The molecule has 0 saturated carbocycles. The Kier molecular flexibility index (Phi) is 8.80. The number of alkyl halides is 3. The van der Waals surface area contributed by atoms with Gasteiger partial charge in [-0.2, -0.15) is 23.5 Å². The van der Waals surface area contributed by atoms with Crippen molar-refractivity contribution < 1.29 is 27.4 Å². The molecule has 0 bridgehead atoms. The lowest BCUT2D eigenvalue weighted by molar-refractivity contribution is -0.138. The van der Waals surface area contributed by atoms with E-state index in [1.54, 1.807) is 17.0 Å². The van der Waals surface area contributed by atoms with Crippen molar-refractivity contribution >= 4 is 17.4 Å². The van der Waals surface area contributed by atoms with E-state index in [4.69, 9.17) is 14.7 Å². The molecular formula is C24H28F3N7O4. The van der Waals surface area contributed by atoms with Crippen LogP contribution in [0, 0.1) is 11.3 Å². The topological polar surface area (TPSA) is 128 Å². The molecule has 4 rings (SSSR count). The van der Waals surface area contributed by atoms with E-state index in [0.29, 0.717) is 44.7 Å². The van der Waals surface area contributed by atoms with Gasteiger partial charge in [0.25, 0.3) is 5.56 Å². The standard InChI is InChI=1S/C24H28F3N7O4/c25-24(26,27)22-19(15-30-31-23(22)36)34-5-3-18(16-34)38-12-11-37-10-4-21(35)33-8-6-32(7-9-33)20-2-1-17(13-28)14-29-20/h1-2,14-15,18H,3-12,16H2,(H,31,36). The maximum Gasteiger partial charge on any atom is 0.423 e. The summed E-state index contributed by atoms with van der Waals surface area (Å²) in [6, 6.07) is 5.56. The number of rotatable bonds is 9. The van der Waals surface area contributed by atoms with Crippen LogP contribution in [0.2, 0.25) is 0 Å². The van der Waals surface area contributed by atoms with Crippen LogP contribution in [0.3, 0.4) is 0 Å². The number of ether oxygens (including phenoxy) is 2. The highest BCUT2D eigenvalue weighted by atomic mass is 19.4. The molecule has 0 aromatic carbocycles. The third-order valence-corrected chi connectivity index (χ3v) is 6.48. The van der Waals surface area contributed by atoms with E-state index >= 15 is 0 Å². The van der Waals surface area contributed by atoms with Gasteiger partial charge in [0.1, 0.15) is 17.5 Å². The number of carbonyl (C=O) groups excluding carboxylic acids is 1. The van der Waals surface area contributed by atoms with Gasteiger partial charge in [0.15, 0.2) is 0 Å². The van der Waals surface area contributed by atoms with Crippen molar-refractivity contribution in [2.75, 3.05) is 68.9 Å². The van der Waals surface area contributed by atoms with Crippen molar-refractivity contribution in [1.82, 2.24) is 20.1 Å². The Morgan fingerprint density at radius 1 is 1.11 bits per heavy atom. The Morgan fingerprint density at radius 2 is 1.89 bits per heavy atom. The van der Waals surface area contributed by atoms with Gasteiger partial charge in [-0.3, -0.25) is 9.59 Å². The van der Waals surface area contributed by atoms with E-state index in [-0.39, 0.29) is 50.5 Å².